The molecule has 0 unspecified atom stereocenters. The van der Waals surface area contributed by atoms with Crippen molar-refractivity contribution in [2.45, 2.75) is 65.5 Å². The number of tetrazole rings is 1. The van der Waals surface area contributed by atoms with Gasteiger partial charge in [0.2, 0.25) is 11.7 Å². The van der Waals surface area contributed by atoms with E-state index in [1.807, 2.05) is 19.1 Å². The van der Waals surface area contributed by atoms with E-state index in [0.29, 0.717) is 5.82 Å². The van der Waals surface area contributed by atoms with Crippen molar-refractivity contribution < 1.29 is 4.79 Å². The first kappa shape index (κ1) is 18.1. The van der Waals surface area contributed by atoms with E-state index < -0.39 is 0 Å². The summed E-state index contributed by atoms with van der Waals surface area (Å²) in [6.07, 6.45) is 5.52. The van der Waals surface area contributed by atoms with Crippen LogP contribution in [0, 0.1) is 0 Å². The molecule has 0 bridgehead atoms. The molecule has 2 rings (SSSR count). The number of nitrogens with one attached hydrogen (secondary N) is 1. The number of unbranched alkanes of at least 4 members (excludes halogenated alkanes) is 2. The van der Waals surface area contributed by atoms with E-state index in [1.54, 1.807) is 0 Å². The second-order valence-electron chi connectivity index (χ2n) is 6.16. The molecule has 1 aromatic heterocycles. The maximum atomic E-state index is 12.0. The van der Waals surface area contributed by atoms with Gasteiger partial charge < -0.3 is 5.32 Å². The lowest BCUT2D eigenvalue weighted by Crippen LogP contribution is -2.35. The van der Waals surface area contributed by atoms with Crippen molar-refractivity contribution in [3.8, 4) is 11.4 Å². The van der Waals surface area contributed by atoms with Gasteiger partial charge in [0.05, 0.1) is 0 Å². The zero-order valence-corrected chi connectivity index (χ0v) is 14.8. The topological polar surface area (TPSA) is 72.7 Å². The van der Waals surface area contributed by atoms with Crippen LogP contribution in [0.2, 0.25) is 0 Å². The number of hydrogen-bond donors (Lipinski definition) is 1. The maximum absolute atomic E-state index is 12.0. The summed E-state index contributed by atoms with van der Waals surface area (Å²) >= 11 is 0. The summed E-state index contributed by atoms with van der Waals surface area (Å²) in [5.74, 6) is 0.464. The lowest BCUT2D eigenvalue weighted by Gasteiger charge is -2.12. The van der Waals surface area contributed by atoms with Gasteiger partial charge in [0.25, 0.3) is 0 Å². The minimum absolute atomic E-state index is 0.0794. The van der Waals surface area contributed by atoms with Gasteiger partial charge in [0.1, 0.15) is 6.54 Å². The highest BCUT2D eigenvalue weighted by Gasteiger charge is 2.11. The van der Waals surface area contributed by atoms with Crippen LogP contribution in [0.15, 0.2) is 24.3 Å². The number of nitrogens with zero attached hydrogens (tertiary/aromatic N) is 4. The van der Waals surface area contributed by atoms with E-state index in [-0.39, 0.29) is 18.5 Å². The molecule has 0 radical (unpaired) electrons. The molecular weight excluding hydrogens is 302 g/mol. The number of hydrogen-bond acceptors (Lipinski definition) is 4. The Morgan fingerprint density at radius 2 is 1.96 bits per heavy atom. The summed E-state index contributed by atoms with van der Waals surface area (Å²) in [4.78, 5) is 13.4. The molecule has 0 aliphatic carbocycles. The van der Waals surface area contributed by atoms with E-state index in [1.165, 1.54) is 23.2 Å². The second-order valence-corrected chi connectivity index (χ2v) is 6.16. The van der Waals surface area contributed by atoms with Crippen molar-refractivity contribution in [2.75, 3.05) is 0 Å². The van der Waals surface area contributed by atoms with Gasteiger partial charge in [0, 0.05) is 11.6 Å². The molecule has 0 fully saturated rings. The van der Waals surface area contributed by atoms with Crippen molar-refractivity contribution in [2.24, 2.45) is 0 Å². The van der Waals surface area contributed by atoms with Crippen LogP contribution in [0.4, 0.5) is 0 Å². The summed E-state index contributed by atoms with van der Waals surface area (Å²) in [6, 6.07) is 8.25. The molecule has 24 heavy (non-hydrogen) atoms. The second kappa shape index (κ2) is 9.15. The van der Waals surface area contributed by atoms with E-state index in [2.05, 4.69) is 46.7 Å². The highest BCUT2D eigenvalue weighted by molar-refractivity contribution is 5.75. The third kappa shape index (κ3) is 5.44. The van der Waals surface area contributed by atoms with Crippen molar-refractivity contribution in [3.05, 3.63) is 29.8 Å². The highest BCUT2D eigenvalue weighted by atomic mass is 16.2. The first-order valence-electron chi connectivity index (χ1n) is 8.78. The van der Waals surface area contributed by atoms with Gasteiger partial charge in [-0.25, -0.2) is 0 Å². The van der Waals surface area contributed by atoms with Gasteiger partial charge >= 0.3 is 0 Å². The Morgan fingerprint density at radius 3 is 2.62 bits per heavy atom. The Labute approximate surface area is 143 Å². The number of carbonyl (C=O) groups is 1. The van der Waals surface area contributed by atoms with Gasteiger partial charge in [-0.2, -0.15) is 4.80 Å². The van der Waals surface area contributed by atoms with Crippen LogP contribution in [0.25, 0.3) is 11.4 Å². The lowest BCUT2D eigenvalue weighted by atomic mass is 10.1. The van der Waals surface area contributed by atoms with E-state index in [9.17, 15) is 4.79 Å². The average molecular weight is 329 g/mol. The average Bonchev–Trinajstić information content (AvgIpc) is 3.03. The summed E-state index contributed by atoms with van der Waals surface area (Å²) in [7, 11) is 0. The van der Waals surface area contributed by atoms with Gasteiger partial charge in [-0.3, -0.25) is 4.79 Å². The summed E-state index contributed by atoms with van der Waals surface area (Å²) in [6.45, 7) is 6.42. The fourth-order valence-electron chi connectivity index (χ4n) is 2.54. The van der Waals surface area contributed by atoms with Crippen LogP contribution in [-0.2, 0) is 17.8 Å². The normalized spacial score (nSPS) is 12.1. The standard InChI is InChI=1S/C18H27N5O/c1-4-6-7-8-14(3)19-17(24)13-23-21-18(20-22-23)16-11-9-15(5-2)10-12-16/h9-12,14H,4-8,13H2,1-3H3,(H,19,24)/t14-/m1/s1. The number of carbonyl (C=O) groups excluding carboxylic acids is 1. The minimum atomic E-state index is -0.0794. The Balaban J connectivity index is 1.87. The third-order valence-corrected chi connectivity index (χ3v) is 4.01. The van der Waals surface area contributed by atoms with Crippen molar-refractivity contribution in [1.82, 2.24) is 25.5 Å². The lowest BCUT2D eigenvalue weighted by molar-refractivity contribution is -0.122. The quantitative estimate of drug-likeness (QED) is 0.718. The monoisotopic (exact) mass is 329 g/mol. The first-order valence-corrected chi connectivity index (χ1v) is 8.78. The Hall–Kier alpha value is -2.24. The van der Waals surface area contributed by atoms with Crippen LogP contribution in [0.3, 0.4) is 0 Å². The molecule has 0 aliphatic rings. The molecule has 1 N–H and O–H groups in total. The van der Waals surface area contributed by atoms with E-state index >= 15 is 0 Å². The third-order valence-electron chi connectivity index (χ3n) is 4.01. The number of benzene rings is 1. The SMILES string of the molecule is CCCCC[C@@H](C)NC(=O)Cn1nnc(-c2ccc(CC)cc2)n1. The minimum Gasteiger partial charge on any atom is -0.352 e. The summed E-state index contributed by atoms with van der Waals surface area (Å²) in [5.41, 5.74) is 2.18. The molecule has 1 heterocycles. The molecule has 1 aromatic carbocycles. The fraction of sp³-hybridized carbons (Fsp3) is 0.556. The molecule has 1 atom stereocenters. The van der Waals surface area contributed by atoms with E-state index in [0.717, 1.165) is 24.8 Å². The molecule has 1 amide bonds. The smallest absolute Gasteiger partial charge is 0.243 e. The number of aromatic nitrogens is 4. The molecular formula is C18H27N5O. The predicted molar refractivity (Wildman–Crippen MR) is 94.4 cm³/mol. The molecule has 2 aromatic rings. The molecule has 0 spiro atoms. The van der Waals surface area contributed by atoms with Crippen LogP contribution >= 0.6 is 0 Å². The fourth-order valence-corrected chi connectivity index (χ4v) is 2.54. The van der Waals surface area contributed by atoms with Gasteiger partial charge in [0.15, 0.2) is 0 Å². The van der Waals surface area contributed by atoms with Gasteiger partial charge in [-0.1, -0.05) is 57.4 Å². The van der Waals surface area contributed by atoms with Crippen LogP contribution in [0.1, 0.15) is 52.0 Å². The molecule has 0 saturated carbocycles. The Bertz CT molecular complexity index is 635. The highest BCUT2D eigenvalue weighted by Crippen LogP contribution is 2.14. The number of amides is 1. The van der Waals surface area contributed by atoms with Gasteiger partial charge in [-0.05, 0) is 30.5 Å². The van der Waals surface area contributed by atoms with Gasteiger partial charge in [-0.15, -0.1) is 10.2 Å². The molecule has 130 valence electrons. The summed E-state index contributed by atoms with van der Waals surface area (Å²) < 4.78 is 0. The first-order chi connectivity index (χ1) is 11.6. The zero-order chi connectivity index (χ0) is 17.4. The zero-order valence-electron chi connectivity index (χ0n) is 14.8. The molecule has 0 aliphatic heterocycles. The maximum Gasteiger partial charge on any atom is 0.243 e. The van der Waals surface area contributed by atoms with Crippen LogP contribution in [0.5, 0.6) is 0 Å². The predicted octanol–water partition coefficient (Wildman–Crippen LogP) is 2.99. The van der Waals surface area contributed by atoms with Crippen molar-refractivity contribution in [1.29, 1.82) is 0 Å². The Kier molecular flexibility index (Phi) is 6.90. The van der Waals surface area contributed by atoms with Crippen molar-refractivity contribution >= 4 is 5.91 Å². The molecule has 6 heteroatoms. The number of rotatable bonds is 9. The molecule has 6 nitrogen and oxygen atoms in total. The number of aryl methyl sites for hydroxylation is 1. The summed E-state index contributed by atoms with van der Waals surface area (Å²) in [5, 5.41) is 15.3. The van der Waals surface area contributed by atoms with Crippen LogP contribution < -0.4 is 5.32 Å². The Morgan fingerprint density at radius 1 is 1.21 bits per heavy atom. The molecule has 0 saturated heterocycles. The van der Waals surface area contributed by atoms with Crippen molar-refractivity contribution in [3.63, 3.8) is 0 Å². The van der Waals surface area contributed by atoms with Crippen LogP contribution in [-0.4, -0.2) is 32.2 Å². The van der Waals surface area contributed by atoms with E-state index in [4.69, 9.17) is 0 Å². The largest absolute Gasteiger partial charge is 0.352 e.